The Balaban J connectivity index is 1.43. The second kappa shape index (κ2) is 8.65. The largest absolute Gasteiger partial charge is 0.491 e. The van der Waals surface area contributed by atoms with Crippen LogP contribution in [0.1, 0.15) is 30.1 Å². The molecule has 1 aliphatic heterocycles. The van der Waals surface area contributed by atoms with Gasteiger partial charge in [-0.15, -0.1) is 0 Å². The van der Waals surface area contributed by atoms with Crippen LogP contribution < -0.4 is 4.74 Å². The van der Waals surface area contributed by atoms with Gasteiger partial charge in [-0.2, -0.15) is 0 Å². The van der Waals surface area contributed by atoms with Crippen molar-refractivity contribution >= 4 is 11.6 Å². The third-order valence-electron chi connectivity index (χ3n) is 4.86. The Hall–Kier alpha value is -1.62. The van der Waals surface area contributed by atoms with Gasteiger partial charge in [-0.25, -0.2) is 0 Å². The molecule has 3 rings (SSSR count). The molecule has 0 spiro atoms. The predicted octanol–water partition coefficient (Wildman–Crippen LogP) is 3.87. The number of ether oxygens (including phenoxy) is 1. The van der Waals surface area contributed by atoms with Gasteiger partial charge < -0.3 is 9.84 Å². The highest BCUT2D eigenvalue weighted by molar-refractivity contribution is 6.32. The van der Waals surface area contributed by atoms with Crippen LogP contribution in [0.4, 0.5) is 0 Å². The molecule has 4 nitrogen and oxygen atoms in total. The zero-order chi connectivity index (χ0) is 17.6. The lowest BCUT2D eigenvalue weighted by Gasteiger charge is -2.34. The number of halogens is 1. The molecule has 25 heavy (non-hydrogen) atoms. The molecule has 134 valence electrons. The summed E-state index contributed by atoms with van der Waals surface area (Å²) in [4.78, 5) is 6.49. The number of pyridine rings is 1. The highest BCUT2D eigenvalue weighted by Gasteiger charge is 2.26. The van der Waals surface area contributed by atoms with E-state index in [2.05, 4.69) is 9.88 Å². The van der Waals surface area contributed by atoms with Crippen LogP contribution in [0.2, 0.25) is 5.02 Å². The van der Waals surface area contributed by atoms with Gasteiger partial charge in [0.25, 0.3) is 0 Å². The molecule has 0 radical (unpaired) electrons. The number of rotatable bonds is 6. The fourth-order valence-electron chi connectivity index (χ4n) is 3.32. The van der Waals surface area contributed by atoms with Crippen molar-refractivity contribution in [2.24, 2.45) is 5.92 Å². The second-order valence-corrected chi connectivity index (χ2v) is 7.10. The molecule has 2 heterocycles. The van der Waals surface area contributed by atoms with Gasteiger partial charge in [0, 0.05) is 18.9 Å². The van der Waals surface area contributed by atoms with Gasteiger partial charge in [0.1, 0.15) is 12.4 Å². The highest BCUT2D eigenvalue weighted by atomic mass is 35.5. The minimum Gasteiger partial charge on any atom is -0.491 e. The summed E-state index contributed by atoms with van der Waals surface area (Å²) in [6, 6.07) is 9.65. The van der Waals surface area contributed by atoms with Crippen molar-refractivity contribution in [3.05, 3.63) is 58.9 Å². The average Bonchev–Trinajstić information content (AvgIpc) is 2.65. The molecule has 1 fully saturated rings. The highest BCUT2D eigenvalue weighted by Crippen LogP contribution is 2.30. The zero-order valence-corrected chi connectivity index (χ0v) is 15.3. The minimum atomic E-state index is -0.418. The number of piperidine rings is 1. The van der Waals surface area contributed by atoms with E-state index in [1.54, 1.807) is 12.4 Å². The zero-order valence-electron chi connectivity index (χ0n) is 14.6. The van der Waals surface area contributed by atoms with Crippen molar-refractivity contribution < 1.29 is 9.84 Å². The Morgan fingerprint density at radius 2 is 2.12 bits per heavy atom. The molecule has 2 aromatic rings. The van der Waals surface area contributed by atoms with E-state index >= 15 is 0 Å². The molecule has 1 aromatic heterocycles. The summed E-state index contributed by atoms with van der Waals surface area (Å²) in [5.74, 6) is 1.05. The minimum absolute atomic E-state index is 0.299. The molecule has 1 atom stereocenters. The molecule has 1 aliphatic rings. The molecule has 0 amide bonds. The van der Waals surface area contributed by atoms with Crippen molar-refractivity contribution in [2.75, 3.05) is 26.2 Å². The topological polar surface area (TPSA) is 45.6 Å². The van der Waals surface area contributed by atoms with Gasteiger partial charge in [0.15, 0.2) is 0 Å². The Morgan fingerprint density at radius 3 is 2.84 bits per heavy atom. The molecular weight excluding hydrogens is 336 g/mol. The summed E-state index contributed by atoms with van der Waals surface area (Å²) in [6.45, 7) is 5.49. The summed E-state index contributed by atoms with van der Waals surface area (Å²) in [7, 11) is 0. The average molecular weight is 361 g/mol. The van der Waals surface area contributed by atoms with E-state index in [1.165, 1.54) is 0 Å². The van der Waals surface area contributed by atoms with Crippen LogP contribution in [0.25, 0.3) is 0 Å². The molecule has 1 saturated heterocycles. The van der Waals surface area contributed by atoms with Crippen LogP contribution in [0, 0.1) is 12.8 Å². The number of aliphatic hydroxyl groups is 1. The first-order valence-electron chi connectivity index (χ1n) is 8.83. The fraction of sp³-hybridized carbons (Fsp3) is 0.450. The molecular formula is C20H25ClN2O2. The quantitative estimate of drug-likeness (QED) is 0.849. The Morgan fingerprint density at radius 1 is 1.32 bits per heavy atom. The van der Waals surface area contributed by atoms with Crippen LogP contribution in [-0.2, 0) is 0 Å². The smallest absolute Gasteiger partial charge is 0.138 e. The molecule has 1 N–H and O–H groups in total. The van der Waals surface area contributed by atoms with E-state index in [0.29, 0.717) is 17.5 Å². The lowest BCUT2D eigenvalue weighted by molar-refractivity contribution is 0.0548. The van der Waals surface area contributed by atoms with Crippen LogP contribution in [-0.4, -0.2) is 41.2 Å². The third kappa shape index (κ3) is 4.94. The Kier molecular flexibility index (Phi) is 6.29. The number of nitrogens with zero attached hydrogens (tertiary/aromatic N) is 2. The molecule has 0 saturated carbocycles. The van der Waals surface area contributed by atoms with Crippen molar-refractivity contribution in [1.29, 1.82) is 0 Å². The lowest BCUT2D eigenvalue weighted by Crippen LogP contribution is -2.38. The summed E-state index contributed by atoms with van der Waals surface area (Å²) >= 11 is 6.16. The number of likely N-dealkylation sites (tertiary alicyclic amines) is 1. The summed E-state index contributed by atoms with van der Waals surface area (Å²) in [5, 5.41) is 11.2. The first-order valence-corrected chi connectivity index (χ1v) is 9.20. The second-order valence-electron chi connectivity index (χ2n) is 6.69. The van der Waals surface area contributed by atoms with Crippen molar-refractivity contribution in [2.45, 2.75) is 25.9 Å². The van der Waals surface area contributed by atoms with E-state index in [1.807, 2.05) is 37.3 Å². The van der Waals surface area contributed by atoms with E-state index in [0.717, 1.165) is 49.4 Å². The summed E-state index contributed by atoms with van der Waals surface area (Å²) < 4.78 is 5.83. The van der Waals surface area contributed by atoms with Gasteiger partial charge in [-0.3, -0.25) is 9.88 Å². The lowest BCUT2D eigenvalue weighted by atomic mass is 9.88. The normalized spacial score (nSPS) is 17.4. The first kappa shape index (κ1) is 18.2. The predicted molar refractivity (Wildman–Crippen MR) is 100 cm³/mol. The van der Waals surface area contributed by atoms with Gasteiger partial charge in [0.05, 0.1) is 11.1 Å². The Bertz CT molecular complexity index is 673. The molecule has 0 aliphatic carbocycles. The van der Waals surface area contributed by atoms with E-state index in [4.69, 9.17) is 16.3 Å². The maximum absolute atomic E-state index is 10.5. The molecule has 5 heteroatoms. The monoisotopic (exact) mass is 360 g/mol. The van der Waals surface area contributed by atoms with Crippen LogP contribution >= 0.6 is 11.6 Å². The number of hydrogen-bond acceptors (Lipinski definition) is 4. The third-order valence-corrected chi connectivity index (χ3v) is 5.17. The molecule has 0 bridgehead atoms. The summed E-state index contributed by atoms with van der Waals surface area (Å²) in [6.07, 6.45) is 5.05. The van der Waals surface area contributed by atoms with Crippen LogP contribution in [0.3, 0.4) is 0 Å². The van der Waals surface area contributed by atoms with Crippen molar-refractivity contribution in [1.82, 2.24) is 9.88 Å². The number of hydrogen-bond donors (Lipinski definition) is 1. The molecule has 1 aromatic carbocycles. The van der Waals surface area contributed by atoms with E-state index < -0.39 is 6.10 Å². The van der Waals surface area contributed by atoms with Gasteiger partial charge in [-0.1, -0.05) is 23.7 Å². The maximum atomic E-state index is 10.5. The number of benzene rings is 1. The molecule has 0 unspecified atom stereocenters. The number of aromatic nitrogens is 1. The SMILES string of the molecule is Cc1ccc(Cl)c(OCCN2CCC([C@H](O)c3cccnc3)CC2)c1. The van der Waals surface area contributed by atoms with Gasteiger partial charge >= 0.3 is 0 Å². The van der Waals surface area contributed by atoms with Crippen molar-refractivity contribution in [3.8, 4) is 5.75 Å². The Labute approximate surface area is 154 Å². The van der Waals surface area contributed by atoms with E-state index in [9.17, 15) is 5.11 Å². The number of aryl methyl sites for hydroxylation is 1. The van der Waals surface area contributed by atoms with Crippen molar-refractivity contribution in [3.63, 3.8) is 0 Å². The standard InChI is InChI=1S/C20H25ClN2O2/c1-15-4-5-18(21)19(13-15)25-12-11-23-9-6-16(7-10-23)20(24)17-3-2-8-22-14-17/h2-5,8,13-14,16,20,24H,6-7,9-12H2,1H3/t20-/m0/s1. The first-order chi connectivity index (χ1) is 12.1. The van der Waals surface area contributed by atoms with Crippen LogP contribution in [0.5, 0.6) is 5.75 Å². The van der Waals surface area contributed by atoms with Crippen LogP contribution in [0.15, 0.2) is 42.7 Å². The van der Waals surface area contributed by atoms with Gasteiger partial charge in [-0.05, 0) is 68.1 Å². The number of aliphatic hydroxyl groups excluding tert-OH is 1. The maximum Gasteiger partial charge on any atom is 0.138 e. The summed E-state index contributed by atoms with van der Waals surface area (Å²) in [5.41, 5.74) is 2.06. The van der Waals surface area contributed by atoms with Gasteiger partial charge in [0.2, 0.25) is 0 Å². The fourth-order valence-corrected chi connectivity index (χ4v) is 3.49. The van der Waals surface area contributed by atoms with E-state index in [-0.39, 0.29) is 0 Å².